The SMILES string of the molecule is CC(C)Oc1ccc(NC(N)=NCc2ccc(F)cc2C(F)(F)F)cc1. The highest BCUT2D eigenvalue weighted by Gasteiger charge is 2.33. The number of halogens is 4. The fourth-order valence-corrected chi connectivity index (χ4v) is 2.20. The number of benzene rings is 2. The third-order valence-electron chi connectivity index (χ3n) is 3.30. The maximum absolute atomic E-state index is 13.1. The molecule has 8 heteroatoms. The van der Waals surface area contributed by atoms with Crippen LogP contribution in [0.15, 0.2) is 47.5 Å². The summed E-state index contributed by atoms with van der Waals surface area (Å²) in [5, 5.41) is 2.78. The standard InChI is InChI=1S/C18H19F4N3O/c1-11(2)26-15-7-5-14(6-8-15)25-17(23)24-10-12-3-4-13(19)9-16(12)18(20,21)22/h3-9,11H,10H2,1-2H3,(H3,23,24,25). The van der Waals surface area contributed by atoms with Gasteiger partial charge in [0.2, 0.25) is 0 Å². The van der Waals surface area contributed by atoms with Crippen LogP contribution in [-0.4, -0.2) is 12.1 Å². The Morgan fingerprint density at radius 2 is 1.81 bits per heavy atom. The summed E-state index contributed by atoms with van der Waals surface area (Å²) in [7, 11) is 0. The Balaban J connectivity index is 2.07. The van der Waals surface area contributed by atoms with E-state index >= 15 is 0 Å². The van der Waals surface area contributed by atoms with Crippen LogP contribution in [-0.2, 0) is 12.7 Å². The number of nitrogens with zero attached hydrogens (tertiary/aromatic N) is 1. The van der Waals surface area contributed by atoms with Crippen molar-refractivity contribution in [3.8, 4) is 5.75 Å². The molecule has 0 aromatic heterocycles. The van der Waals surface area contributed by atoms with E-state index in [1.54, 1.807) is 24.3 Å². The molecule has 140 valence electrons. The normalized spacial score (nSPS) is 12.3. The first-order valence-corrected chi connectivity index (χ1v) is 7.84. The predicted molar refractivity (Wildman–Crippen MR) is 92.6 cm³/mol. The first-order valence-electron chi connectivity index (χ1n) is 7.84. The summed E-state index contributed by atoms with van der Waals surface area (Å²) in [6.45, 7) is 3.48. The average molecular weight is 369 g/mol. The van der Waals surface area contributed by atoms with Gasteiger partial charge in [0.15, 0.2) is 5.96 Å². The van der Waals surface area contributed by atoms with Gasteiger partial charge in [-0.2, -0.15) is 13.2 Å². The van der Waals surface area contributed by atoms with Crippen LogP contribution in [0, 0.1) is 5.82 Å². The lowest BCUT2D eigenvalue weighted by atomic mass is 10.1. The van der Waals surface area contributed by atoms with Gasteiger partial charge in [-0.05, 0) is 55.8 Å². The zero-order valence-electron chi connectivity index (χ0n) is 14.3. The van der Waals surface area contributed by atoms with Gasteiger partial charge in [-0.3, -0.25) is 0 Å². The monoisotopic (exact) mass is 369 g/mol. The van der Waals surface area contributed by atoms with E-state index in [9.17, 15) is 17.6 Å². The molecule has 0 heterocycles. The molecule has 0 spiro atoms. The molecule has 2 aromatic rings. The Bertz CT molecular complexity index is 771. The molecule has 0 atom stereocenters. The Morgan fingerprint density at radius 1 is 1.15 bits per heavy atom. The second-order valence-corrected chi connectivity index (χ2v) is 5.82. The second-order valence-electron chi connectivity index (χ2n) is 5.82. The van der Waals surface area contributed by atoms with Gasteiger partial charge < -0.3 is 15.8 Å². The number of hydrogen-bond acceptors (Lipinski definition) is 2. The molecular formula is C18H19F4N3O. The van der Waals surface area contributed by atoms with E-state index in [4.69, 9.17) is 10.5 Å². The van der Waals surface area contributed by atoms with Crippen LogP contribution in [0.25, 0.3) is 0 Å². The Hall–Kier alpha value is -2.77. The molecule has 2 aromatic carbocycles. The van der Waals surface area contributed by atoms with Crippen LogP contribution < -0.4 is 15.8 Å². The van der Waals surface area contributed by atoms with Crippen molar-refractivity contribution in [1.82, 2.24) is 0 Å². The molecule has 0 bridgehead atoms. The number of anilines is 1. The quantitative estimate of drug-likeness (QED) is 0.462. The molecule has 0 amide bonds. The van der Waals surface area contributed by atoms with Crippen molar-refractivity contribution in [2.24, 2.45) is 10.7 Å². The summed E-state index contributed by atoms with van der Waals surface area (Å²) in [6.07, 6.45) is -4.62. The van der Waals surface area contributed by atoms with Crippen molar-refractivity contribution in [1.29, 1.82) is 0 Å². The van der Waals surface area contributed by atoms with Crippen molar-refractivity contribution in [2.45, 2.75) is 32.7 Å². The van der Waals surface area contributed by atoms with Crippen molar-refractivity contribution in [2.75, 3.05) is 5.32 Å². The van der Waals surface area contributed by atoms with Gasteiger partial charge in [0, 0.05) is 5.69 Å². The molecule has 0 fully saturated rings. The van der Waals surface area contributed by atoms with Gasteiger partial charge in [0.05, 0.1) is 18.2 Å². The smallest absolute Gasteiger partial charge is 0.416 e. The zero-order chi connectivity index (χ0) is 19.3. The second kappa shape index (κ2) is 8.07. The van der Waals surface area contributed by atoms with Crippen LogP contribution in [0.2, 0.25) is 0 Å². The number of nitrogens with two attached hydrogens (primary N) is 1. The number of ether oxygens (including phenoxy) is 1. The lowest BCUT2D eigenvalue weighted by Gasteiger charge is -2.12. The molecule has 3 N–H and O–H groups in total. The molecule has 0 saturated heterocycles. The number of alkyl halides is 3. The summed E-state index contributed by atoms with van der Waals surface area (Å²) < 4.78 is 57.5. The minimum Gasteiger partial charge on any atom is -0.491 e. The van der Waals surface area contributed by atoms with Crippen molar-refractivity contribution in [3.05, 3.63) is 59.4 Å². The lowest BCUT2D eigenvalue weighted by Crippen LogP contribution is -2.22. The molecule has 0 aliphatic rings. The molecule has 26 heavy (non-hydrogen) atoms. The van der Waals surface area contributed by atoms with Crippen LogP contribution in [0.5, 0.6) is 5.75 Å². The van der Waals surface area contributed by atoms with Gasteiger partial charge in [-0.15, -0.1) is 0 Å². The van der Waals surface area contributed by atoms with Gasteiger partial charge in [-0.25, -0.2) is 9.38 Å². The number of aliphatic imine (C=N–C) groups is 1. The van der Waals surface area contributed by atoms with Crippen LogP contribution >= 0.6 is 0 Å². The van der Waals surface area contributed by atoms with Gasteiger partial charge in [0.25, 0.3) is 0 Å². The molecule has 0 aliphatic heterocycles. The van der Waals surface area contributed by atoms with Crippen LogP contribution in [0.3, 0.4) is 0 Å². The molecule has 0 radical (unpaired) electrons. The van der Waals surface area contributed by atoms with Gasteiger partial charge in [0.1, 0.15) is 11.6 Å². The van der Waals surface area contributed by atoms with E-state index in [1.165, 1.54) is 0 Å². The molecule has 0 unspecified atom stereocenters. The number of rotatable bonds is 5. The highest BCUT2D eigenvalue weighted by molar-refractivity contribution is 5.92. The number of guanidine groups is 1. The molecule has 4 nitrogen and oxygen atoms in total. The summed E-state index contributed by atoms with van der Waals surface area (Å²) in [5.41, 5.74) is 5.09. The topological polar surface area (TPSA) is 59.6 Å². The van der Waals surface area contributed by atoms with E-state index in [1.807, 2.05) is 13.8 Å². The summed E-state index contributed by atoms with van der Waals surface area (Å²) in [5.74, 6) is -0.331. The highest BCUT2D eigenvalue weighted by Crippen LogP contribution is 2.32. The zero-order valence-corrected chi connectivity index (χ0v) is 14.3. The fraction of sp³-hybridized carbons (Fsp3) is 0.278. The predicted octanol–water partition coefficient (Wildman–Crippen LogP) is 4.56. The van der Waals surface area contributed by atoms with Crippen LogP contribution in [0.1, 0.15) is 25.0 Å². The highest BCUT2D eigenvalue weighted by atomic mass is 19.4. The van der Waals surface area contributed by atoms with Gasteiger partial charge >= 0.3 is 6.18 Å². The summed E-state index contributed by atoms with van der Waals surface area (Å²) >= 11 is 0. The minimum absolute atomic E-state index is 0.0407. The van der Waals surface area contributed by atoms with E-state index in [-0.39, 0.29) is 24.2 Å². The molecule has 2 rings (SSSR count). The first-order chi connectivity index (χ1) is 12.1. The first kappa shape index (κ1) is 19.6. The Labute approximate surface area is 148 Å². The van der Waals surface area contributed by atoms with Crippen molar-refractivity contribution < 1.29 is 22.3 Å². The van der Waals surface area contributed by atoms with Crippen molar-refractivity contribution >= 4 is 11.6 Å². The molecule has 0 saturated carbocycles. The van der Waals surface area contributed by atoms with E-state index in [2.05, 4.69) is 10.3 Å². The molecule has 0 aliphatic carbocycles. The van der Waals surface area contributed by atoms with Crippen LogP contribution in [0.4, 0.5) is 23.2 Å². The maximum Gasteiger partial charge on any atom is 0.416 e. The Morgan fingerprint density at radius 3 is 2.38 bits per heavy atom. The third-order valence-corrected chi connectivity index (χ3v) is 3.30. The van der Waals surface area contributed by atoms with Gasteiger partial charge in [-0.1, -0.05) is 6.07 Å². The number of hydrogen-bond donors (Lipinski definition) is 2. The minimum atomic E-state index is -4.67. The summed E-state index contributed by atoms with van der Waals surface area (Å²) in [4.78, 5) is 3.89. The summed E-state index contributed by atoms with van der Waals surface area (Å²) in [6, 6.07) is 9.33. The largest absolute Gasteiger partial charge is 0.491 e. The average Bonchev–Trinajstić information content (AvgIpc) is 2.54. The van der Waals surface area contributed by atoms with E-state index in [0.717, 1.165) is 12.1 Å². The van der Waals surface area contributed by atoms with E-state index < -0.39 is 17.6 Å². The van der Waals surface area contributed by atoms with Crippen molar-refractivity contribution in [3.63, 3.8) is 0 Å². The molecular weight excluding hydrogens is 350 g/mol. The number of nitrogens with one attached hydrogen (secondary N) is 1. The third kappa shape index (κ3) is 5.65. The maximum atomic E-state index is 13.1. The lowest BCUT2D eigenvalue weighted by molar-refractivity contribution is -0.138. The Kier molecular flexibility index (Phi) is 6.07. The van der Waals surface area contributed by atoms with E-state index in [0.29, 0.717) is 17.5 Å². The fourth-order valence-electron chi connectivity index (χ4n) is 2.20.